The standard InChI is InChI=1S/C25H24N2O6S2/c28-23(12-11-21-9-5-17-34-21)33-24(19-6-2-1-3-7-19)25(29)26-20-8-4-10-22(18-20)35(30,31)27-13-15-32-16-14-27/h1-12,17-18,24H,13-16H2,(H,26,29)/b12-11+. The summed E-state index contributed by atoms with van der Waals surface area (Å²) in [6.45, 7) is 1.20. The van der Waals surface area contributed by atoms with Crippen LogP contribution in [0.5, 0.6) is 0 Å². The van der Waals surface area contributed by atoms with Gasteiger partial charge >= 0.3 is 5.97 Å². The topological polar surface area (TPSA) is 102 Å². The Kier molecular flexibility index (Phi) is 8.09. The predicted molar refractivity (Wildman–Crippen MR) is 133 cm³/mol. The van der Waals surface area contributed by atoms with E-state index in [4.69, 9.17) is 9.47 Å². The van der Waals surface area contributed by atoms with Gasteiger partial charge in [-0.2, -0.15) is 4.31 Å². The molecular formula is C25H24N2O6S2. The molecule has 1 unspecified atom stereocenters. The van der Waals surface area contributed by atoms with Crippen LogP contribution in [-0.4, -0.2) is 50.9 Å². The third kappa shape index (κ3) is 6.43. The van der Waals surface area contributed by atoms with E-state index < -0.39 is 28.0 Å². The van der Waals surface area contributed by atoms with Gasteiger partial charge in [0, 0.05) is 35.3 Å². The number of esters is 1. The highest BCUT2D eigenvalue weighted by Crippen LogP contribution is 2.24. The summed E-state index contributed by atoms with van der Waals surface area (Å²) in [5.74, 6) is -1.28. The summed E-state index contributed by atoms with van der Waals surface area (Å²) in [5, 5.41) is 4.57. The zero-order valence-corrected chi connectivity index (χ0v) is 20.3. The van der Waals surface area contributed by atoms with Crippen molar-refractivity contribution in [2.75, 3.05) is 31.6 Å². The van der Waals surface area contributed by atoms with Gasteiger partial charge in [0.25, 0.3) is 5.91 Å². The van der Waals surface area contributed by atoms with Crippen LogP contribution in [0.4, 0.5) is 5.69 Å². The van der Waals surface area contributed by atoms with Gasteiger partial charge in [-0.25, -0.2) is 13.2 Å². The van der Waals surface area contributed by atoms with E-state index in [-0.39, 0.29) is 23.7 Å². The number of morpholine rings is 1. The quantitative estimate of drug-likeness (QED) is 0.365. The van der Waals surface area contributed by atoms with Gasteiger partial charge in [0.2, 0.25) is 16.1 Å². The SMILES string of the molecule is O=C(/C=C/c1cccs1)OC(C(=O)Nc1cccc(S(=O)(=O)N2CCOCC2)c1)c1ccccc1. The van der Waals surface area contributed by atoms with Crippen LogP contribution in [0, 0.1) is 0 Å². The minimum absolute atomic E-state index is 0.0596. The van der Waals surface area contributed by atoms with Crippen LogP contribution >= 0.6 is 11.3 Å². The van der Waals surface area contributed by atoms with E-state index in [0.29, 0.717) is 18.8 Å². The lowest BCUT2D eigenvalue weighted by Gasteiger charge is -2.26. The van der Waals surface area contributed by atoms with Crippen molar-refractivity contribution in [2.45, 2.75) is 11.0 Å². The number of anilines is 1. The Balaban J connectivity index is 1.52. The van der Waals surface area contributed by atoms with Crippen molar-refractivity contribution in [3.05, 3.63) is 88.6 Å². The monoisotopic (exact) mass is 512 g/mol. The summed E-state index contributed by atoms with van der Waals surface area (Å²) in [6.07, 6.45) is 1.66. The summed E-state index contributed by atoms with van der Waals surface area (Å²) < 4.78 is 38.0. The van der Waals surface area contributed by atoms with E-state index >= 15 is 0 Å². The molecule has 1 aliphatic rings. The molecule has 3 aromatic rings. The Morgan fingerprint density at radius 2 is 1.80 bits per heavy atom. The van der Waals surface area contributed by atoms with Crippen molar-refractivity contribution in [3.63, 3.8) is 0 Å². The maximum atomic E-state index is 13.2. The molecule has 1 saturated heterocycles. The second-order valence-electron chi connectivity index (χ2n) is 7.61. The van der Waals surface area contributed by atoms with Gasteiger partial charge in [-0.1, -0.05) is 42.5 Å². The molecule has 1 aromatic heterocycles. The molecule has 0 aliphatic carbocycles. The summed E-state index contributed by atoms with van der Waals surface area (Å²) in [7, 11) is -3.73. The van der Waals surface area contributed by atoms with E-state index in [1.807, 2.05) is 17.5 Å². The lowest BCUT2D eigenvalue weighted by molar-refractivity contribution is -0.149. The Morgan fingerprint density at radius 3 is 2.51 bits per heavy atom. The van der Waals surface area contributed by atoms with Crippen LogP contribution in [0.25, 0.3) is 6.08 Å². The fourth-order valence-corrected chi connectivity index (χ4v) is 5.54. The molecule has 182 valence electrons. The van der Waals surface area contributed by atoms with Gasteiger partial charge in [-0.15, -0.1) is 11.3 Å². The fourth-order valence-electron chi connectivity index (χ4n) is 3.47. The van der Waals surface area contributed by atoms with Crippen molar-refractivity contribution in [1.82, 2.24) is 4.31 Å². The predicted octanol–water partition coefficient (Wildman–Crippen LogP) is 3.71. The highest BCUT2D eigenvalue weighted by Gasteiger charge is 2.28. The van der Waals surface area contributed by atoms with Gasteiger partial charge in [-0.05, 0) is 35.7 Å². The first-order valence-corrected chi connectivity index (χ1v) is 13.2. The maximum absolute atomic E-state index is 13.2. The van der Waals surface area contributed by atoms with Crippen LogP contribution in [0.15, 0.2) is 83.1 Å². The van der Waals surface area contributed by atoms with Gasteiger partial charge in [-0.3, -0.25) is 4.79 Å². The molecular weight excluding hydrogens is 488 g/mol. The van der Waals surface area contributed by atoms with Gasteiger partial charge in [0.15, 0.2) is 0 Å². The number of sulfonamides is 1. The Bertz CT molecular complexity index is 1280. The van der Waals surface area contributed by atoms with Crippen LogP contribution in [0.2, 0.25) is 0 Å². The number of benzene rings is 2. The molecule has 1 atom stereocenters. The molecule has 1 N–H and O–H groups in total. The summed E-state index contributed by atoms with van der Waals surface area (Å²) in [5.41, 5.74) is 0.760. The first kappa shape index (κ1) is 24.8. The number of ether oxygens (including phenoxy) is 2. The van der Waals surface area contributed by atoms with E-state index in [1.165, 1.54) is 33.9 Å². The number of hydrogen-bond acceptors (Lipinski definition) is 7. The van der Waals surface area contributed by atoms with Crippen LogP contribution in [-0.2, 0) is 29.1 Å². The van der Waals surface area contributed by atoms with Gasteiger partial charge in [0.1, 0.15) is 0 Å². The first-order valence-electron chi connectivity index (χ1n) is 10.9. The van der Waals surface area contributed by atoms with Crippen molar-refractivity contribution in [3.8, 4) is 0 Å². The van der Waals surface area contributed by atoms with Crippen molar-refractivity contribution in [1.29, 1.82) is 0 Å². The van der Waals surface area contributed by atoms with Gasteiger partial charge in [0.05, 0.1) is 18.1 Å². The largest absolute Gasteiger partial charge is 0.444 e. The maximum Gasteiger partial charge on any atom is 0.331 e. The smallest absolute Gasteiger partial charge is 0.331 e. The lowest BCUT2D eigenvalue weighted by atomic mass is 10.1. The van der Waals surface area contributed by atoms with Crippen molar-refractivity contribution < 1.29 is 27.5 Å². The third-order valence-electron chi connectivity index (χ3n) is 5.21. The van der Waals surface area contributed by atoms with Gasteiger partial charge < -0.3 is 14.8 Å². The molecule has 2 heterocycles. The molecule has 1 aliphatic heterocycles. The molecule has 0 saturated carbocycles. The second kappa shape index (κ2) is 11.4. The molecule has 35 heavy (non-hydrogen) atoms. The Labute approximate surface area is 207 Å². The van der Waals surface area contributed by atoms with E-state index in [2.05, 4.69) is 5.32 Å². The van der Waals surface area contributed by atoms with Crippen LogP contribution < -0.4 is 5.32 Å². The second-order valence-corrected chi connectivity index (χ2v) is 10.5. The number of amides is 1. The third-order valence-corrected chi connectivity index (χ3v) is 7.94. The van der Waals surface area contributed by atoms with Crippen molar-refractivity contribution >= 4 is 45.0 Å². The molecule has 0 radical (unpaired) electrons. The average Bonchev–Trinajstić information content (AvgIpc) is 3.41. The minimum atomic E-state index is -3.73. The Hall–Kier alpha value is -3.31. The van der Waals surface area contributed by atoms with Crippen LogP contribution in [0.1, 0.15) is 16.5 Å². The molecule has 0 spiro atoms. The average molecular weight is 513 g/mol. The number of thiophene rings is 1. The van der Waals surface area contributed by atoms with E-state index in [1.54, 1.807) is 48.5 Å². The molecule has 4 rings (SSSR count). The molecule has 1 amide bonds. The van der Waals surface area contributed by atoms with E-state index in [9.17, 15) is 18.0 Å². The Morgan fingerprint density at radius 1 is 1.03 bits per heavy atom. The van der Waals surface area contributed by atoms with E-state index in [0.717, 1.165) is 4.88 Å². The number of carbonyl (C=O) groups is 2. The highest BCUT2D eigenvalue weighted by atomic mass is 32.2. The van der Waals surface area contributed by atoms with Crippen molar-refractivity contribution in [2.24, 2.45) is 0 Å². The molecule has 2 aromatic carbocycles. The molecule has 0 bridgehead atoms. The zero-order valence-electron chi connectivity index (χ0n) is 18.7. The first-order chi connectivity index (χ1) is 16.9. The molecule has 10 heteroatoms. The summed E-state index contributed by atoms with van der Waals surface area (Å²) in [6, 6.07) is 18.3. The minimum Gasteiger partial charge on any atom is -0.444 e. The molecule has 8 nitrogen and oxygen atoms in total. The molecule has 1 fully saturated rings. The number of hydrogen-bond donors (Lipinski definition) is 1. The fraction of sp³-hybridized carbons (Fsp3) is 0.200. The number of rotatable bonds is 8. The number of nitrogens with one attached hydrogen (secondary N) is 1. The normalized spacial score (nSPS) is 15.5. The highest BCUT2D eigenvalue weighted by molar-refractivity contribution is 7.89. The van der Waals surface area contributed by atoms with Crippen LogP contribution in [0.3, 0.4) is 0 Å². The summed E-state index contributed by atoms with van der Waals surface area (Å²) in [4.78, 5) is 26.6. The summed E-state index contributed by atoms with van der Waals surface area (Å²) >= 11 is 1.47. The lowest BCUT2D eigenvalue weighted by Crippen LogP contribution is -2.40. The zero-order chi connectivity index (χ0) is 24.7. The number of nitrogens with zero attached hydrogens (tertiary/aromatic N) is 1. The number of carbonyl (C=O) groups excluding carboxylic acids is 2.